The first kappa shape index (κ1) is 19.6. The van der Waals surface area contributed by atoms with Crippen molar-refractivity contribution >= 4 is 29.5 Å². The summed E-state index contributed by atoms with van der Waals surface area (Å²) >= 11 is 5.78. The molecule has 0 aliphatic rings. The van der Waals surface area contributed by atoms with Crippen LogP contribution >= 0.6 is 11.6 Å². The van der Waals surface area contributed by atoms with Gasteiger partial charge in [-0.1, -0.05) is 11.6 Å². The largest absolute Gasteiger partial charge is 0.423 e. The first-order valence-electron chi connectivity index (χ1n) is 8.10. The van der Waals surface area contributed by atoms with E-state index in [1.807, 2.05) is 0 Å². The van der Waals surface area contributed by atoms with Crippen molar-refractivity contribution in [3.8, 4) is 5.75 Å². The molecule has 3 rings (SSSR count). The number of hydrogen-bond acceptors (Lipinski definition) is 3. The number of nitrogens with zero attached hydrogens (tertiary/aromatic N) is 1. The zero-order valence-corrected chi connectivity index (χ0v) is 15.0. The number of alkyl halides is 3. The second kappa shape index (κ2) is 8.27. The third-order valence-corrected chi connectivity index (χ3v) is 3.98. The van der Waals surface area contributed by atoms with Crippen molar-refractivity contribution in [3.05, 3.63) is 94.5 Å². The van der Waals surface area contributed by atoms with Crippen LogP contribution < -0.4 is 4.74 Å². The fourth-order valence-corrected chi connectivity index (χ4v) is 2.39. The van der Waals surface area contributed by atoms with E-state index in [2.05, 4.69) is 4.99 Å². The van der Waals surface area contributed by atoms with Gasteiger partial charge in [0.15, 0.2) is 0 Å². The molecule has 3 aromatic rings. The summed E-state index contributed by atoms with van der Waals surface area (Å²) in [5.74, 6) is -0.158. The van der Waals surface area contributed by atoms with E-state index in [-0.39, 0.29) is 0 Å². The first-order valence-corrected chi connectivity index (χ1v) is 8.48. The van der Waals surface area contributed by atoms with Crippen LogP contribution in [0.1, 0.15) is 21.5 Å². The lowest BCUT2D eigenvalue weighted by molar-refractivity contribution is -0.137. The Morgan fingerprint density at radius 1 is 0.893 bits per heavy atom. The topological polar surface area (TPSA) is 38.7 Å². The van der Waals surface area contributed by atoms with Gasteiger partial charge in [0, 0.05) is 11.2 Å². The van der Waals surface area contributed by atoms with Crippen LogP contribution in [0, 0.1) is 0 Å². The normalized spacial score (nSPS) is 11.6. The van der Waals surface area contributed by atoms with Crippen LogP contribution in [0.3, 0.4) is 0 Å². The zero-order chi connectivity index (χ0) is 20.1. The summed E-state index contributed by atoms with van der Waals surface area (Å²) in [6.07, 6.45) is -2.87. The van der Waals surface area contributed by atoms with Gasteiger partial charge in [0.1, 0.15) is 5.75 Å². The summed E-state index contributed by atoms with van der Waals surface area (Å²) in [7, 11) is 0. The minimum atomic E-state index is -4.37. The van der Waals surface area contributed by atoms with E-state index >= 15 is 0 Å². The Morgan fingerprint density at radius 2 is 1.50 bits per heavy atom. The Labute approximate surface area is 164 Å². The number of rotatable bonds is 4. The minimum absolute atomic E-state index is 0.353. The second-order valence-electron chi connectivity index (χ2n) is 5.77. The Morgan fingerprint density at radius 3 is 2.07 bits per heavy atom. The summed E-state index contributed by atoms with van der Waals surface area (Å²) < 4.78 is 42.9. The van der Waals surface area contributed by atoms with Gasteiger partial charge in [0.25, 0.3) is 0 Å². The molecule has 0 atom stereocenters. The number of benzene rings is 3. The molecule has 3 aromatic carbocycles. The molecular weight excluding hydrogens is 391 g/mol. The van der Waals surface area contributed by atoms with Crippen LogP contribution in [0.5, 0.6) is 5.75 Å². The molecule has 0 heterocycles. The molecule has 7 heteroatoms. The molecule has 0 radical (unpaired) electrons. The third kappa shape index (κ3) is 5.20. The average molecular weight is 404 g/mol. The van der Waals surface area contributed by atoms with Gasteiger partial charge in [-0.3, -0.25) is 4.99 Å². The van der Waals surface area contributed by atoms with Crippen molar-refractivity contribution in [3.63, 3.8) is 0 Å². The van der Waals surface area contributed by atoms with Gasteiger partial charge >= 0.3 is 12.1 Å². The van der Waals surface area contributed by atoms with Gasteiger partial charge in [0.2, 0.25) is 0 Å². The van der Waals surface area contributed by atoms with E-state index in [1.54, 1.807) is 48.5 Å². The van der Waals surface area contributed by atoms with E-state index in [0.717, 1.165) is 12.1 Å². The van der Waals surface area contributed by atoms with Crippen molar-refractivity contribution in [2.24, 2.45) is 4.99 Å². The van der Waals surface area contributed by atoms with Crippen molar-refractivity contribution in [2.45, 2.75) is 6.18 Å². The summed E-state index contributed by atoms with van der Waals surface area (Å²) in [4.78, 5) is 16.2. The molecule has 0 amide bonds. The molecule has 0 saturated heterocycles. The van der Waals surface area contributed by atoms with E-state index in [9.17, 15) is 18.0 Å². The molecular formula is C21H13ClF3NO2. The van der Waals surface area contributed by atoms with Crippen molar-refractivity contribution < 1.29 is 22.7 Å². The lowest BCUT2D eigenvalue weighted by Crippen LogP contribution is -2.08. The maximum Gasteiger partial charge on any atom is 0.416 e. The number of carbonyl (C=O) groups excluding carboxylic acids is 1. The summed E-state index contributed by atoms with van der Waals surface area (Å²) in [5.41, 5.74) is 0.744. The standard InChI is InChI=1S/C21H13ClF3NO2/c22-17-7-3-15(4-8-17)20(27)28-19-11-1-14(2-12-19)13-26-18-9-5-16(6-10-18)21(23,24)25/h1-13H. The first-order chi connectivity index (χ1) is 13.3. The minimum Gasteiger partial charge on any atom is -0.423 e. The molecule has 0 N–H and O–H groups in total. The highest BCUT2D eigenvalue weighted by Crippen LogP contribution is 2.30. The fourth-order valence-electron chi connectivity index (χ4n) is 2.26. The molecule has 0 saturated carbocycles. The van der Waals surface area contributed by atoms with E-state index in [0.29, 0.717) is 27.6 Å². The molecule has 0 unspecified atom stereocenters. The molecule has 0 fully saturated rings. The maximum atomic E-state index is 12.5. The van der Waals surface area contributed by atoms with Crippen LogP contribution in [-0.4, -0.2) is 12.2 Å². The molecule has 0 bridgehead atoms. The highest BCUT2D eigenvalue weighted by molar-refractivity contribution is 6.30. The monoisotopic (exact) mass is 403 g/mol. The number of ether oxygens (including phenoxy) is 1. The molecule has 0 aliphatic carbocycles. The lowest BCUT2D eigenvalue weighted by atomic mass is 10.2. The summed E-state index contributed by atoms with van der Waals surface area (Å²) in [6.45, 7) is 0. The van der Waals surface area contributed by atoms with Crippen LogP contribution in [0.15, 0.2) is 77.8 Å². The van der Waals surface area contributed by atoms with Crippen LogP contribution in [0.2, 0.25) is 5.02 Å². The number of carbonyl (C=O) groups is 1. The molecule has 0 spiro atoms. The van der Waals surface area contributed by atoms with E-state index < -0.39 is 17.7 Å². The second-order valence-corrected chi connectivity index (χ2v) is 6.20. The van der Waals surface area contributed by atoms with E-state index in [4.69, 9.17) is 16.3 Å². The molecule has 3 nitrogen and oxygen atoms in total. The van der Waals surface area contributed by atoms with Crippen LogP contribution in [0.4, 0.5) is 18.9 Å². The van der Waals surface area contributed by atoms with Gasteiger partial charge in [-0.2, -0.15) is 13.2 Å². The Kier molecular flexibility index (Phi) is 5.80. The number of esters is 1. The van der Waals surface area contributed by atoms with Crippen molar-refractivity contribution in [2.75, 3.05) is 0 Å². The van der Waals surface area contributed by atoms with Gasteiger partial charge in [-0.25, -0.2) is 4.79 Å². The number of halogens is 4. The molecule has 142 valence electrons. The van der Waals surface area contributed by atoms with E-state index in [1.165, 1.54) is 18.3 Å². The summed E-state index contributed by atoms with van der Waals surface area (Å²) in [5, 5.41) is 0.522. The number of aliphatic imine (C=N–C) groups is 1. The van der Waals surface area contributed by atoms with Gasteiger partial charge in [-0.05, 0) is 78.4 Å². The quantitative estimate of drug-likeness (QED) is 0.290. The zero-order valence-electron chi connectivity index (χ0n) is 14.3. The lowest BCUT2D eigenvalue weighted by Gasteiger charge is -2.06. The maximum absolute atomic E-state index is 12.5. The van der Waals surface area contributed by atoms with Crippen molar-refractivity contribution in [1.82, 2.24) is 0 Å². The molecule has 28 heavy (non-hydrogen) atoms. The smallest absolute Gasteiger partial charge is 0.416 e. The van der Waals surface area contributed by atoms with Gasteiger partial charge in [0.05, 0.1) is 16.8 Å². The Balaban J connectivity index is 1.63. The van der Waals surface area contributed by atoms with Crippen LogP contribution in [-0.2, 0) is 6.18 Å². The molecule has 0 aromatic heterocycles. The predicted molar refractivity (Wildman–Crippen MR) is 102 cm³/mol. The Bertz CT molecular complexity index is 980. The van der Waals surface area contributed by atoms with Crippen molar-refractivity contribution in [1.29, 1.82) is 0 Å². The third-order valence-electron chi connectivity index (χ3n) is 3.73. The SMILES string of the molecule is O=C(Oc1ccc(C=Nc2ccc(C(F)(F)F)cc2)cc1)c1ccc(Cl)cc1. The molecule has 0 aliphatic heterocycles. The number of hydrogen-bond donors (Lipinski definition) is 0. The van der Waals surface area contributed by atoms with Gasteiger partial charge in [-0.15, -0.1) is 0 Å². The Hall–Kier alpha value is -3.12. The highest BCUT2D eigenvalue weighted by atomic mass is 35.5. The van der Waals surface area contributed by atoms with Crippen LogP contribution in [0.25, 0.3) is 0 Å². The van der Waals surface area contributed by atoms with Gasteiger partial charge < -0.3 is 4.74 Å². The average Bonchev–Trinajstić information content (AvgIpc) is 2.67. The predicted octanol–water partition coefficient (Wildman–Crippen LogP) is 6.33. The highest BCUT2D eigenvalue weighted by Gasteiger charge is 2.29. The summed E-state index contributed by atoms with van der Waals surface area (Å²) in [6, 6.07) is 17.4. The fraction of sp³-hybridized carbons (Fsp3) is 0.0476.